The number of nitrogens with one attached hydrogen (secondary N) is 2. The van der Waals surface area contributed by atoms with Crippen LogP contribution in [0.15, 0.2) is 33.7 Å². The maximum atomic E-state index is 12.4. The van der Waals surface area contributed by atoms with Gasteiger partial charge in [0.25, 0.3) is 15.9 Å². The molecule has 8 nitrogen and oxygen atoms in total. The van der Waals surface area contributed by atoms with Gasteiger partial charge in [-0.1, -0.05) is 5.16 Å². The Kier molecular flexibility index (Phi) is 4.78. The molecule has 1 fully saturated rings. The average molecular weight is 365 g/mol. The molecule has 1 aliphatic heterocycles. The number of hydrogen-bond acceptors (Lipinski definition) is 6. The Bertz CT molecular complexity index is 868. The molecule has 1 aromatic heterocycles. The summed E-state index contributed by atoms with van der Waals surface area (Å²) in [6.07, 6.45) is 1.11. The van der Waals surface area contributed by atoms with Gasteiger partial charge in [0.2, 0.25) is 5.88 Å². The molecule has 0 saturated carbocycles. The fraction of sp³-hybridized carbons (Fsp3) is 0.375. The van der Waals surface area contributed by atoms with Gasteiger partial charge in [0, 0.05) is 17.9 Å². The van der Waals surface area contributed by atoms with Gasteiger partial charge in [0.1, 0.15) is 6.10 Å². The van der Waals surface area contributed by atoms with Crippen molar-refractivity contribution in [2.45, 2.75) is 37.7 Å². The second-order valence-electron chi connectivity index (χ2n) is 5.84. The van der Waals surface area contributed by atoms with Crippen molar-refractivity contribution >= 4 is 27.5 Å². The van der Waals surface area contributed by atoms with E-state index in [9.17, 15) is 13.2 Å². The van der Waals surface area contributed by atoms with Crippen LogP contribution in [0.5, 0.6) is 0 Å². The van der Waals surface area contributed by atoms with Gasteiger partial charge in [-0.25, -0.2) is 13.1 Å². The van der Waals surface area contributed by atoms with Crippen LogP contribution in [0.25, 0.3) is 0 Å². The van der Waals surface area contributed by atoms with E-state index in [4.69, 9.17) is 9.26 Å². The van der Waals surface area contributed by atoms with Crippen LogP contribution < -0.4 is 10.0 Å². The van der Waals surface area contributed by atoms with Crippen LogP contribution in [-0.4, -0.2) is 32.2 Å². The number of carbonyl (C=O) groups is 1. The quantitative estimate of drug-likeness (QED) is 0.840. The highest BCUT2D eigenvalue weighted by atomic mass is 32.2. The molecule has 9 heteroatoms. The predicted molar refractivity (Wildman–Crippen MR) is 90.8 cm³/mol. The van der Waals surface area contributed by atoms with Gasteiger partial charge in [-0.3, -0.25) is 4.79 Å². The molecular weight excluding hydrogens is 346 g/mol. The third kappa shape index (κ3) is 3.83. The topological polar surface area (TPSA) is 111 Å². The molecule has 134 valence electrons. The Hall–Kier alpha value is -2.39. The molecule has 2 aromatic rings. The molecule has 0 bridgehead atoms. The zero-order valence-electron chi connectivity index (χ0n) is 13.9. The number of anilines is 2. The van der Waals surface area contributed by atoms with E-state index in [1.807, 2.05) is 0 Å². The summed E-state index contributed by atoms with van der Waals surface area (Å²) in [5.41, 5.74) is 1.75. The van der Waals surface area contributed by atoms with Crippen molar-refractivity contribution in [2.75, 3.05) is 16.6 Å². The van der Waals surface area contributed by atoms with Crippen molar-refractivity contribution in [3.8, 4) is 0 Å². The Morgan fingerprint density at radius 2 is 1.96 bits per heavy atom. The molecule has 2 heterocycles. The Morgan fingerprint density at radius 1 is 1.24 bits per heavy atom. The van der Waals surface area contributed by atoms with Crippen molar-refractivity contribution in [2.24, 2.45) is 0 Å². The summed E-state index contributed by atoms with van der Waals surface area (Å²) in [4.78, 5) is 12.0. The molecular formula is C16H19N3O5S. The minimum atomic E-state index is -3.80. The molecule has 0 spiro atoms. The highest BCUT2D eigenvalue weighted by molar-refractivity contribution is 7.92. The molecule has 2 N–H and O–H groups in total. The van der Waals surface area contributed by atoms with Gasteiger partial charge in [-0.2, -0.15) is 0 Å². The largest absolute Gasteiger partial charge is 0.368 e. The standard InChI is InChI=1S/C16H19N3O5S/c1-10-11(2)18-24-16(10)19-25(21,22)13-7-5-12(6-8-13)17-15(20)14-4-3-9-23-14/h5-8,14,19H,3-4,9H2,1-2H3,(H,17,20)/t14-/m1/s1. The molecule has 25 heavy (non-hydrogen) atoms. The van der Waals surface area contributed by atoms with Crippen molar-refractivity contribution in [1.82, 2.24) is 5.16 Å². The second kappa shape index (κ2) is 6.85. The highest BCUT2D eigenvalue weighted by Crippen LogP contribution is 2.23. The van der Waals surface area contributed by atoms with Gasteiger partial charge in [0.15, 0.2) is 0 Å². The smallest absolute Gasteiger partial charge is 0.264 e. The summed E-state index contributed by atoms with van der Waals surface area (Å²) in [6.45, 7) is 4.02. The van der Waals surface area contributed by atoms with Crippen LogP contribution in [0.3, 0.4) is 0 Å². The number of hydrogen-bond donors (Lipinski definition) is 2. The lowest BCUT2D eigenvalue weighted by molar-refractivity contribution is -0.124. The van der Waals surface area contributed by atoms with Gasteiger partial charge >= 0.3 is 0 Å². The van der Waals surface area contributed by atoms with Crippen LogP contribution >= 0.6 is 0 Å². The van der Waals surface area contributed by atoms with E-state index in [2.05, 4.69) is 15.2 Å². The summed E-state index contributed by atoms with van der Waals surface area (Å²) in [5, 5.41) is 6.43. The van der Waals surface area contributed by atoms with E-state index in [1.165, 1.54) is 24.3 Å². The SMILES string of the molecule is Cc1noc(NS(=O)(=O)c2ccc(NC(=O)[C@H]3CCCO3)cc2)c1C. The molecule has 0 aliphatic carbocycles. The van der Waals surface area contributed by atoms with Crippen molar-refractivity contribution in [3.05, 3.63) is 35.5 Å². The number of nitrogens with zero attached hydrogens (tertiary/aromatic N) is 1. The first-order valence-electron chi connectivity index (χ1n) is 7.85. The lowest BCUT2D eigenvalue weighted by Crippen LogP contribution is -2.26. The first kappa shape index (κ1) is 17.4. The van der Waals surface area contributed by atoms with Crippen LogP contribution in [0.1, 0.15) is 24.1 Å². The summed E-state index contributed by atoms with van der Waals surface area (Å²) in [6, 6.07) is 5.87. The number of ether oxygens (including phenoxy) is 1. The number of aryl methyl sites for hydroxylation is 1. The summed E-state index contributed by atoms with van der Waals surface area (Å²) < 4.78 is 37.4. The van der Waals surface area contributed by atoms with E-state index in [0.29, 0.717) is 30.0 Å². The van der Waals surface area contributed by atoms with Crippen molar-refractivity contribution in [3.63, 3.8) is 0 Å². The minimum absolute atomic E-state index is 0.0519. The van der Waals surface area contributed by atoms with E-state index in [-0.39, 0.29) is 16.7 Å². The molecule has 3 rings (SSSR count). The number of carbonyl (C=O) groups excluding carboxylic acids is 1. The Morgan fingerprint density at radius 3 is 2.52 bits per heavy atom. The fourth-order valence-corrected chi connectivity index (χ4v) is 3.46. The number of aromatic nitrogens is 1. The summed E-state index contributed by atoms with van der Waals surface area (Å²) in [7, 11) is -3.80. The zero-order valence-corrected chi connectivity index (χ0v) is 14.7. The number of amides is 1. The maximum absolute atomic E-state index is 12.4. The third-order valence-corrected chi connectivity index (χ3v) is 5.39. The highest BCUT2D eigenvalue weighted by Gasteiger charge is 2.24. The molecule has 1 saturated heterocycles. The molecule has 0 unspecified atom stereocenters. The summed E-state index contributed by atoms with van der Waals surface area (Å²) in [5.74, 6) is -0.132. The molecule has 1 aromatic carbocycles. The Balaban J connectivity index is 1.70. The van der Waals surface area contributed by atoms with Crippen molar-refractivity contribution in [1.29, 1.82) is 0 Å². The van der Waals surface area contributed by atoms with Crippen LogP contribution in [0.2, 0.25) is 0 Å². The molecule has 1 atom stereocenters. The monoisotopic (exact) mass is 365 g/mol. The van der Waals surface area contributed by atoms with E-state index in [0.717, 1.165) is 6.42 Å². The van der Waals surface area contributed by atoms with Gasteiger partial charge in [-0.05, 0) is 51.0 Å². The third-order valence-electron chi connectivity index (χ3n) is 4.04. The number of sulfonamides is 1. The zero-order chi connectivity index (χ0) is 18.0. The molecule has 1 aliphatic rings. The van der Waals surface area contributed by atoms with Gasteiger partial charge in [0.05, 0.1) is 10.6 Å². The van der Waals surface area contributed by atoms with Crippen LogP contribution in [-0.2, 0) is 19.6 Å². The summed E-state index contributed by atoms with van der Waals surface area (Å²) >= 11 is 0. The second-order valence-corrected chi connectivity index (χ2v) is 7.53. The lowest BCUT2D eigenvalue weighted by Gasteiger charge is -2.11. The first-order valence-corrected chi connectivity index (χ1v) is 9.33. The van der Waals surface area contributed by atoms with Crippen molar-refractivity contribution < 1.29 is 22.5 Å². The lowest BCUT2D eigenvalue weighted by atomic mass is 10.2. The van der Waals surface area contributed by atoms with E-state index >= 15 is 0 Å². The minimum Gasteiger partial charge on any atom is -0.368 e. The van der Waals surface area contributed by atoms with Gasteiger partial charge < -0.3 is 14.6 Å². The predicted octanol–water partition coefficient (Wildman–Crippen LogP) is 2.21. The molecule has 0 radical (unpaired) electrons. The molecule has 1 amide bonds. The van der Waals surface area contributed by atoms with Crippen LogP contribution in [0.4, 0.5) is 11.6 Å². The first-order chi connectivity index (χ1) is 11.9. The fourth-order valence-electron chi connectivity index (χ4n) is 2.42. The Labute approximate surface area is 145 Å². The van der Waals surface area contributed by atoms with Gasteiger partial charge in [-0.15, -0.1) is 0 Å². The maximum Gasteiger partial charge on any atom is 0.264 e. The normalized spacial score (nSPS) is 17.4. The van der Waals surface area contributed by atoms with E-state index in [1.54, 1.807) is 13.8 Å². The average Bonchev–Trinajstić information content (AvgIpc) is 3.21. The van der Waals surface area contributed by atoms with Crippen LogP contribution in [0, 0.1) is 13.8 Å². The number of benzene rings is 1. The number of rotatable bonds is 5. The van der Waals surface area contributed by atoms with E-state index < -0.39 is 16.1 Å².